The molecule has 8 atom stereocenters. The van der Waals surface area contributed by atoms with Crippen molar-refractivity contribution in [2.75, 3.05) is 7.11 Å². The highest BCUT2D eigenvalue weighted by molar-refractivity contribution is 5.84. The summed E-state index contributed by atoms with van der Waals surface area (Å²) in [7, 11) is 1.38. The number of rotatable bonds is 6. The van der Waals surface area contributed by atoms with Crippen LogP contribution in [-0.4, -0.2) is 30.1 Å². The number of allylic oxidation sites excluding steroid dienone is 4. The van der Waals surface area contributed by atoms with Crippen LogP contribution in [0.15, 0.2) is 23.3 Å². The van der Waals surface area contributed by atoms with Crippen molar-refractivity contribution in [1.29, 1.82) is 0 Å². The minimum Gasteiger partial charge on any atom is -0.469 e. The lowest BCUT2D eigenvalue weighted by atomic mass is 9.44. The highest BCUT2D eigenvalue weighted by Gasteiger charge is 2.61. The van der Waals surface area contributed by atoms with Gasteiger partial charge in [-0.3, -0.25) is 9.59 Å². The fourth-order valence-electron chi connectivity index (χ4n) is 9.01. The van der Waals surface area contributed by atoms with Crippen LogP contribution in [0, 0.1) is 45.3 Å². The predicted octanol–water partition coefficient (Wildman–Crippen LogP) is 6.67. The predicted molar refractivity (Wildman–Crippen MR) is 140 cm³/mol. The first-order valence-corrected chi connectivity index (χ1v) is 13.9. The van der Waals surface area contributed by atoms with Crippen LogP contribution in [-0.2, 0) is 14.3 Å². The Morgan fingerprint density at radius 1 is 1.03 bits per heavy atom. The largest absolute Gasteiger partial charge is 0.469 e. The van der Waals surface area contributed by atoms with Crippen LogP contribution in [0.3, 0.4) is 0 Å². The van der Waals surface area contributed by atoms with Gasteiger partial charge in [0.05, 0.1) is 19.1 Å². The van der Waals surface area contributed by atoms with Crippen molar-refractivity contribution in [3.8, 4) is 0 Å². The van der Waals surface area contributed by atoms with Crippen molar-refractivity contribution in [2.24, 2.45) is 45.3 Å². The molecular formula is C31H48O4. The molecule has 0 amide bonds. The average molecular weight is 485 g/mol. The van der Waals surface area contributed by atoms with E-state index in [1.54, 1.807) is 18.1 Å². The van der Waals surface area contributed by atoms with Crippen molar-refractivity contribution in [2.45, 2.75) is 106 Å². The summed E-state index contributed by atoms with van der Waals surface area (Å²) in [5.74, 6) is 0.765. The average Bonchev–Trinajstić information content (AvgIpc) is 3.08. The molecule has 4 nitrogen and oxygen atoms in total. The van der Waals surface area contributed by atoms with E-state index >= 15 is 0 Å². The molecule has 196 valence electrons. The summed E-state index contributed by atoms with van der Waals surface area (Å²) in [6, 6.07) is 0. The minimum atomic E-state index is -0.379. The van der Waals surface area contributed by atoms with Crippen molar-refractivity contribution >= 4 is 11.8 Å². The number of ether oxygens (including phenoxy) is 1. The van der Waals surface area contributed by atoms with Crippen LogP contribution in [0.5, 0.6) is 0 Å². The third-order valence-electron chi connectivity index (χ3n) is 11.6. The van der Waals surface area contributed by atoms with Gasteiger partial charge in [0, 0.05) is 18.3 Å². The number of Topliss-reactive ketones (excluding diaryl/α,β-unsaturated/α-hetero) is 1. The topological polar surface area (TPSA) is 63.6 Å². The Hall–Kier alpha value is -1.42. The molecule has 4 aliphatic rings. The first-order chi connectivity index (χ1) is 16.2. The Bertz CT molecular complexity index is 944. The van der Waals surface area contributed by atoms with Gasteiger partial charge in [-0.25, -0.2) is 0 Å². The number of fused-ring (bicyclic) bond motifs is 5. The first kappa shape index (κ1) is 26.6. The van der Waals surface area contributed by atoms with E-state index in [0.717, 1.165) is 38.5 Å². The van der Waals surface area contributed by atoms with Gasteiger partial charge in [0.25, 0.3) is 0 Å². The van der Waals surface area contributed by atoms with Crippen molar-refractivity contribution in [3.05, 3.63) is 23.3 Å². The summed E-state index contributed by atoms with van der Waals surface area (Å²) < 4.78 is 4.82. The molecule has 1 N–H and O–H groups in total. The highest BCUT2D eigenvalue weighted by atomic mass is 16.5. The quantitative estimate of drug-likeness (QED) is 0.338. The summed E-state index contributed by atoms with van der Waals surface area (Å²) >= 11 is 0. The van der Waals surface area contributed by atoms with E-state index in [0.29, 0.717) is 18.3 Å². The molecule has 4 rings (SSSR count). The number of hydrogen-bond donors (Lipinski definition) is 1. The lowest BCUT2D eigenvalue weighted by Gasteiger charge is -2.61. The number of hydrogen-bond acceptors (Lipinski definition) is 4. The van der Waals surface area contributed by atoms with Gasteiger partial charge in [-0.15, -0.1) is 0 Å². The van der Waals surface area contributed by atoms with E-state index < -0.39 is 0 Å². The summed E-state index contributed by atoms with van der Waals surface area (Å²) in [6.07, 6.45) is 12.1. The van der Waals surface area contributed by atoms with Crippen LogP contribution in [0.25, 0.3) is 0 Å². The maximum atomic E-state index is 12.9. The molecule has 0 aliphatic heterocycles. The Balaban J connectivity index is 1.57. The lowest BCUT2D eigenvalue weighted by molar-refractivity contribution is -0.146. The molecule has 0 aromatic heterocycles. The first-order valence-electron chi connectivity index (χ1n) is 13.9. The molecule has 0 aromatic carbocycles. The fraction of sp³-hybridized carbons (Fsp3) is 0.806. The molecule has 2 saturated carbocycles. The van der Waals surface area contributed by atoms with E-state index in [-0.39, 0.29) is 57.8 Å². The van der Waals surface area contributed by atoms with Gasteiger partial charge in [0.15, 0.2) is 0 Å². The maximum absolute atomic E-state index is 12.9. The molecule has 0 saturated heterocycles. The summed E-state index contributed by atoms with van der Waals surface area (Å²) in [5.41, 5.74) is 3.43. The number of carbonyl (C=O) groups excluding carboxylic acids is 2. The zero-order valence-corrected chi connectivity index (χ0v) is 23.4. The van der Waals surface area contributed by atoms with E-state index in [2.05, 4.69) is 53.7 Å². The third kappa shape index (κ3) is 3.97. The van der Waals surface area contributed by atoms with Gasteiger partial charge in [-0.2, -0.15) is 0 Å². The molecule has 0 spiro atoms. The van der Waals surface area contributed by atoms with Crippen LogP contribution in [0.4, 0.5) is 0 Å². The fourth-order valence-corrected chi connectivity index (χ4v) is 9.01. The second-order valence-electron chi connectivity index (χ2n) is 13.8. The Labute approximate surface area is 213 Å². The van der Waals surface area contributed by atoms with Gasteiger partial charge in [-0.05, 0) is 72.5 Å². The summed E-state index contributed by atoms with van der Waals surface area (Å²) in [6.45, 7) is 15.9. The minimum absolute atomic E-state index is 0.00447. The number of carbonyl (C=O) groups is 2. The molecule has 4 heteroatoms. The maximum Gasteiger partial charge on any atom is 0.308 e. The Kier molecular flexibility index (Phi) is 6.74. The van der Waals surface area contributed by atoms with Gasteiger partial charge < -0.3 is 9.84 Å². The number of aliphatic hydroxyl groups excluding tert-OH is 1. The second kappa shape index (κ2) is 8.85. The van der Waals surface area contributed by atoms with E-state index in [1.165, 1.54) is 7.11 Å². The highest BCUT2D eigenvalue weighted by Crippen LogP contribution is 2.70. The van der Waals surface area contributed by atoms with Gasteiger partial charge in [0.1, 0.15) is 5.78 Å². The smallest absolute Gasteiger partial charge is 0.308 e. The summed E-state index contributed by atoms with van der Waals surface area (Å²) in [4.78, 5) is 24.7. The van der Waals surface area contributed by atoms with Crippen molar-refractivity contribution < 1.29 is 19.4 Å². The van der Waals surface area contributed by atoms with Crippen LogP contribution in [0.1, 0.15) is 99.8 Å². The SMILES string of the molecule is COC(=O)C(C)CC(=O)CC(C)C1(C)CCC2(C)C3=CCC4C(C)(C)C(O)CCC4(C)C3CC=C21. The molecule has 0 radical (unpaired) electrons. The van der Waals surface area contributed by atoms with Crippen molar-refractivity contribution in [1.82, 2.24) is 0 Å². The van der Waals surface area contributed by atoms with E-state index in [4.69, 9.17) is 4.74 Å². The lowest BCUT2D eigenvalue weighted by Crippen LogP contribution is -2.55. The van der Waals surface area contributed by atoms with Gasteiger partial charge in [-0.1, -0.05) is 71.8 Å². The molecular weight excluding hydrogens is 436 g/mol. The second-order valence-corrected chi connectivity index (χ2v) is 13.8. The van der Waals surface area contributed by atoms with Crippen LogP contribution >= 0.6 is 0 Å². The molecule has 4 aliphatic carbocycles. The van der Waals surface area contributed by atoms with E-state index in [9.17, 15) is 14.7 Å². The molecule has 0 aromatic rings. The molecule has 35 heavy (non-hydrogen) atoms. The van der Waals surface area contributed by atoms with Crippen LogP contribution in [0.2, 0.25) is 0 Å². The Morgan fingerprint density at radius 2 is 1.71 bits per heavy atom. The third-order valence-corrected chi connectivity index (χ3v) is 11.6. The molecule has 8 unspecified atom stereocenters. The molecule has 2 fully saturated rings. The summed E-state index contributed by atoms with van der Waals surface area (Å²) in [5, 5.41) is 10.8. The zero-order chi connectivity index (χ0) is 26.0. The number of ketones is 1. The number of esters is 1. The standard InChI is InChI=1S/C31H48O4/c1-19(27(34)35-8)17-21(32)18-20(2)29(5)15-16-31(7)23-9-11-24-28(3,4)26(33)13-14-30(24,6)22(23)10-12-25(29)31/h9,12,19-20,22,24,26,33H,10-11,13-18H2,1-8H3. The normalized spacial score (nSPS) is 41.5. The monoisotopic (exact) mass is 484 g/mol. The van der Waals surface area contributed by atoms with Crippen LogP contribution < -0.4 is 0 Å². The van der Waals surface area contributed by atoms with E-state index in [1.807, 2.05) is 0 Å². The molecule has 0 heterocycles. The van der Waals surface area contributed by atoms with Crippen molar-refractivity contribution in [3.63, 3.8) is 0 Å². The zero-order valence-electron chi connectivity index (χ0n) is 23.4. The Morgan fingerprint density at radius 3 is 2.37 bits per heavy atom. The number of aliphatic hydroxyl groups is 1. The van der Waals surface area contributed by atoms with Gasteiger partial charge >= 0.3 is 5.97 Å². The van der Waals surface area contributed by atoms with Gasteiger partial charge in [0.2, 0.25) is 0 Å². The number of methoxy groups -OCH3 is 1. The molecule has 0 bridgehead atoms.